The molecule has 0 aliphatic heterocycles. The normalized spacial score (nSPS) is 11.6. The molecule has 1 aromatic carbocycles. The first-order valence-corrected chi connectivity index (χ1v) is 9.76. The molecule has 0 aliphatic rings. The molecule has 0 amide bonds. The number of esters is 1. The van der Waals surface area contributed by atoms with Crippen molar-refractivity contribution < 1.29 is 19.1 Å². The summed E-state index contributed by atoms with van der Waals surface area (Å²) in [5, 5.41) is 2.59. The van der Waals surface area contributed by atoms with Crippen LogP contribution in [0.5, 0.6) is 5.75 Å². The average molecular weight is 396 g/mol. The summed E-state index contributed by atoms with van der Waals surface area (Å²) in [7, 11) is 0. The van der Waals surface area contributed by atoms with E-state index >= 15 is 0 Å². The topological polar surface area (TPSA) is 78.4 Å². The van der Waals surface area contributed by atoms with E-state index in [0.29, 0.717) is 23.6 Å². The van der Waals surface area contributed by atoms with E-state index in [0.717, 1.165) is 10.6 Å². The fourth-order valence-electron chi connectivity index (χ4n) is 2.57. The van der Waals surface area contributed by atoms with Crippen LogP contribution in [0.3, 0.4) is 0 Å². The van der Waals surface area contributed by atoms with Crippen LogP contribution in [0, 0.1) is 0 Å². The van der Waals surface area contributed by atoms with Crippen molar-refractivity contribution in [2.45, 2.75) is 26.4 Å². The van der Waals surface area contributed by atoms with Crippen molar-refractivity contribution in [2.75, 3.05) is 6.61 Å². The first-order chi connectivity index (χ1) is 13.6. The molecule has 3 rings (SSSR count). The van der Waals surface area contributed by atoms with Gasteiger partial charge in [-0.2, -0.15) is 0 Å². The van der Waals surface area contributed by atoms with Gasteiger partial charge in [-0.05, 0) is 50.2 Å². The van der Waals surface area contributed by atoms with Crippen molar-refractivity contribution in [2.24, 2.45) is 0 Å². The van der Waals surface area contributed by atoms with Crippen LogP contribution in [0.4, 0.5) is 0 Å². The SMILES string of the molecule is CCOc1ccc(C(=O)[C@@H](C)OC(=O)Cc2csc(-c3cccnc3)n2)cc1. The molecule has 6 nitrogen and oxygen atoms in total. The number of hydrogen-bond donors (Lipinski definition) is 0. The highest BCUT2D eigenvalue weighted by atomic mass is 32.1. The van der Waals surface area contributed by atoms with Gasteiger partial charge in [-0.1, -0.05) is 0 Å². The minimum atomic E-state index is -0.873. The van der Waals surface area contributed by atoms with E-state index in [9.17, 15) is 9.59 Å². The van der Waals surface area contributed by atoms with Crippen LogP contribution < -0.4 is 4.74 Å². The monoisotopic (exact) mass is 396 g/mol. The molecule has 0 N–H and O–H groups in total. The van der Waals surface area contributed by atoms with Gasteiger partial charge in [0.05, 0.1) is 18.7 Å². The molecular weight excluding hydrogens is 376 g/mol. The molecule has 0 fully saturated rings. The van der Waals surface area contributed by atoms with Gasteiger partial charge in [0.25, 0.3) is 0 Å². The fraction of sp³-hybridized carbons (Fsp3) is 0.238. The van der Waals surface area contributed by atoms with Gasteiger partial charge in [0, 0.05) is 28.9 Å². The first kappa shape index (κ1) is 19.7. The summed E-state index contributed by atoms with van der Waals surface area (Å²) < 4.78 is 10.7. The van der Waals surface area contributed by atoms with Gasteiger partial charge < -0.3 is 9.47 Å². The summed E-state index contributed by atoms with van der Waals surface area (Å²) in [6, 6.07) is 10.5. The summed E-state index contributed by atoms with van der Waals surface area (Å²) in [5.41, 5.74) is 1.97. The Morgan fingerprint density at radius 3 is 2.64 bits per heavy atom. The van der Waals surface area contributed by atoms with Crippen LogP contribution in [0.15, 0.2) is 54.2 Å². The van der Waals surface area contributed by atoms with Crippen LogP contribution in [-0.2, 0) is 16.0 Å². The van der Waals surface area contributed by atoms with Gasteiger partial charge >= 0.3 is 5.97 Å². The standard InChI is InChI=1S/C21H20N2O4S/c1-3-26-18-8-6-15(7-9-18)20(25)14(2)27-19(24)11-17-13-28-21(23-17)16-5-4-10-22-12-16/h4-10,12-14H,3,11H2,1-2H3/t14-/m1/s1. The number of pyridine rings is 1. The molecule has 0 saturated heterocycles. The number of rotatable bonds is 8. The number of benzene rings is 1. The molecule has 7 heteroatoms. The predicted octanol–water partition coefficient (Wildman–Crippen LogP) is 3.96. The maximum atomic E-state index is 12.5. The zero-order valence-corrected chi connectivity index (χ0v) is 16.4. The van der Waals surface area contributed by atoms with E-state index in [-0.39, 0.29) is 12.2 Å². The van der Waals surface area contributed by atoms with Gasteiger partial charge in [0.15, 0.2) is 6.10 Å². The zero-order chi connectivity index (χ0) is 19.9. The Balaban J connectivity index is 1.57. The minimum absolute atomic E-state index is 0.0116. The molecule has 0 unspecified atom stereocenters. The summed E-state index contributed by atoms with van der Waals surface area (Å²) >= 11 is 1.43. The number of hydrogen-bond acceptors (Lipinski definition) is 7. The molecule has 0 aliphatic carbocycles. The molecule has 2 heterocycles. The van der Waals surface area contributed by atoms with E-state index in [1.165, 1.54) is 11.3 Å². The summed E-state index contributed by atoms with van der Waals surface area (Å²) in [4.78, 5) is 33.2. The van der Waals surface area contributed by atoms with E-state index in [1.807, 2.05) is 24.4 Å². The van der Waals surface area contributed by atoms with Gasteiger partial charge in [-0.3, -0.25) is 14.6 Å². The van der Waals surface area contributed by atoms with E-state index in [1.54, 1.807) is 43.6 Å². The summed E-state index contributed by atoms with van der Waals surface area (Å²) in [6.45, 7) is 4.02. The van der Waals surface area contributed by atoms with Crippen LogP contribution in [0.1, 0.15) is 29.9 Å². The molecule has 0 radical (unpaired) electrons. The third-order valence-electron chi connectivity index (χ3n) is 3.91. The Hall–Kier alpha value is -3.06. The van der Waals surface area contributed by atoms with Crippen LogP contribution in [0.25, 0.3) is 10.6 Å². The number of ketones is 1. The second-order valence-corrected chi connectivity index (χ2v) is 6.87. The highest BCUT2D eigenvalue weighted by molar-refractivity contribution is 7.13. The fourth-order valence-corrected chi connectivity index (χ4v) is 3.38. The number of aromatic nitrogens is 2. The zero-order valence-electron chi connectivity index (χ0n) is 15.6. The van der Waals surface area contributed by atoms with Crippen molar-refractivity contribution >= 4 is 23.1 Å². The predicted molar refractivity (Wildman–Crippen MR) is 107 cm³/mol. The number of nitrogens with zero attached hydrogens (tertiary/aromatic N) is 2. The number of carbonyl (C=O) groups is 2. The second kappa shape index (κ2) is 9.23. The number of thiazole rings is 1. The van der Waals surface area contributed by atoms with Crippen molar-refractivity contribution in [3.05, 3.63) is 65.4 Å². The number of ether oxygens (including phenoxy) is 2. The number of Topliss-reactive ketones (excluding diaryl/α,β-unsaturated/α-hetero) is 1. The van der Waals surface area contributed by atoms with Crippen molar-refractivity contribution in [1.82, 2.24) is 9.97 Å². The highest BCUT2D eigenvalue weighted by Gasteiger charge is 2.20. The van der Waals surface area contributed by atoms with Gasteiger partial charge in [0.1, 0.15) is 10.8 Å². The summed E-state index contributed by atoms with van der Waals surface area (Å²) in [5.74, 6) is -0.0581. The number of carbonyl (C=O) groups excluding carboxylic acids is 2. The molecule has 144 valence electrons. The van der Waals surface area contributed by atoms with E-state index in [2.05, 4.69) is 9.97 Å². The van der Waals surface area contributed by atoms with Gasteiger partial charge in [0.2, 0.25) is 5.78 Å². The Kier molecular flexibility index (Phi) is 6.49. The molecule has 0 bridgehead atoms. The van der Waals surface area contributed by atoms with Crippen molar-refractivity contribution in [3.8, 4) is 16.3 Å². The lowest BCUT2D eigenvalue weighted by atomic mass is 10.1. The highest BCUT2D eigenvalue weighted by Crippen LogP contribution is 2.23. The second-order valence-electron chi connectivity index (χ2n) is 6.02. The molecular formula is C21H20N2O4S. The Morgan fingerprint density at radius 1 is 1.18 bits per heavy atom. The lowest BCUT2D eigenvalue weighted by Gasteiger charge is -2.12. The third kappa shape index (κ3) is 5.01. The summed E-state index contributed by atoms with van der Waals surface area (Å²) in [6.07, 6.45) is 2.55. The van der Waals surface area contributed by atoms with Crippen LogP contribution in [0.2, 0.25) is 0 Å². The van der Waals surface area contributed by atoms with Crippen molar-refractivity contribution in [1.29, 1.82) is 0 Å². The Bertz CT molecular complexity index is 939. The molecule has 2 aromatic heterocycles. The van der Waals surface area contributed by atoms with E-state index in [4.69, 9.17) is 9.47 Å². The van der Waals surface area contributed by atoms with Crippen LogP contribution in [-0.4, -0.2) is 34.4 Å². The minimum Gasteiger partial charge on any atom is -0.494 e. The quantitative estimate of drug-likeness (QED) is 0.424. The maximum Gasteiger partial charge on any atom is 0.312 e. The molecule has 0 saturated carbocycles. The Labute approximate surface area is 167 Å². The molecule has 0 spiro atoms. The first-order valence-electron chi connectivity index (χ1n) is 8.88. The smallest absolute Gasteiger partial charge is 0.312 e. The third-order valence-corrected chi connectivity index (χ3v) is 4.85. The van der Waals surface area contributed by atoms with Gasteiger partial charge in [-0.15, -0.1) is 11.3 Å². The van der Waals surface area contributed by atoms with Crippen LogP contribution >= 0.6 is 11.3 Å². The maximum absolute atomic E-state index is 12.5. The average Bonchev–Trinajstić information content (AvgIpc) is 3.17. The van der Waals surface area contributed by atoms with Gasteiger partial charge in [-0.25, -0.2) is 4.98 Å². The van der Waals surface area contributed by atoms with E-state index < -0.39 is 12.1 Å². The molecule has 28 heavy (non-hydrogen) atoms. The largest absolute Gasteiger partial charge is 0.494 e. The lowest BCUT2D eigenvalue weighted by molar-refractivity contribution is -0.145. The molecule has 3 aromatic rings. The lowest BCUT2D eigenvalue weighted by Crippen LogP contribution is -2.25. The van der Waals surface area contributed by atoms with Crippen molar-refractivity contribution in [3.63, 3.8) is 0 Å². The molecule has 1 atom stereocenters. The Morgan fingerprint density at radius 2 is 1.96 bits per heavy atom.